The number of halogens is 1. The number of hydrogen-bond acceptors (Lipinski definition) is 5. The fourth-order valence-electron chi connectivity index (χ4n) is 6.54. The highest BCUT2D eigenvalue weighted by molar-refractivity contribution is 7.89. The van der Waals surface area contributed by atoms with Gasteiger partial charge in [0.05, 0.1) is 22.0 Å². The predicted octanol–water partition coefficient (Wildman–Crippen LogP) is 8.07. The summed E-state index contributed by atoms with van der Waals surface area (Å²) in [5.74, 6) is -1.04. The first-order valence-corrected chi connectivity index (χ1v) is 17.1. The average Bonchev–Trinajstić information content (AvgIpc) is 3.14. The van der Waals surface area contributed by atoms with Crippen molar-refractivity contribution in [1.82, 2.24) is 4.31 Å². The Hall–Kier alpha value is -4.38. The molecule has 1 fully saturated rings. The molecule has 1 heterocycles. The van der Waals surface area contributed by atoms with Crippen LogP contribution < -0.4 is 15.5 Å². The molecule has 0 bridgehead atoms. The molecule has 1 aliphatic carbocycles. The number of nitrogens with one attached hydrogen (secondary N) is 2. The minimum absolute atomic E-state index is 0.0773. The summed E-state index contributed by atoms with van der Waals surface area (Å²) in [4.78, 5) is 27.1. The Kier molecular flexibility index (Phi) is 9.04. The number of fused-ring (bicyclic) bond motifs is 1. The Balaban J connectivity index is 1.41. The largest absolute Gasteiger partial charge is 0.478 e. The van der Waals surface area contributed by atoms with Gasteiger partial charge in [0, 0.05) is 36.6 Å². The zero-order valence-corrected chi connectivity index (χ0v) is 26.9. The van der Waals surface area contributed by atoms with E-state index in [2.05, 4.69) is 10.6 Å². The quantitative estimate of drug-likeness (QED) is 0.193. The maximum Gasteiger partial charge on any atom is 0.337 e. The first-order chi connectivity index (χ1) is 22.1. The van der Waals surface area contributed by atoms with Gasteiger partial charge in [-0.25, -0.2) is 18.0 Å². The first-order valence-electron chi connectivity index (χ1n) is 15.3. The SMILES string of the molecule is CN1C(C2CCCCC2)CN(c2ccccc2)c2cc(Cl)c(-c3ccc(NC(=O)Nc4ccccc4)c(C(=O)O)c3)cc2S1(=O)=O. The maximum atomic E-state index is 14.4. The minimum Gasteiger partial charge on any atom is -0.478 e. The Labute approximate surface area is 273 Å². The molecule has 0 radical (unpaired) electrons. The molecule has 6 rings (SSSR count). The monoisotopic (exact) mass is 658 g/mol. The van der Waals surface area contributed by atoms with Gasteiger partial charge in [-0.05, 0) is 72.9 Å². The molecule has 2 amide bonds. The number of hydrogen-bond donors (Lipinski definition) is 3. The number of carboxylic acids is 1. The third kappa shape index (κ3) is 6.33. The fraction of sp³-hybridized carbons (Fsp3) is 0.257. The van der Waals surface area contributed by atoms with Gasteiger partial charge in [0.2, 0.25) is 10.0 Å². The minimum atomic E-state index is -3.97. The molecule has 4 aromatic carbocycles. The first kappa shape index (κ1) is 31.6. The van der Waals surface area contributed by atoms with Crippen molar-refractivity contribution >= 4 is 56.4 Å². The lowest BCUT2D eigenvalue weighted by atomic mass is 9.83. The van der Waals surface area contributed by atoms with Gasteiger partial charge in [0.25, 0.3) is 0 Å². The van der Waals surface area contributed by atoms with Crippen LogP contribution in [-0.4, -0.2) is 49.5 Å². The van der Waals surface area contributed by atoms with Gasteiger partial charge in [0.1, 0.15) is 4.90 Å². The van der Waals surface area contributed by atoms with E-state index in [-0.39, 0.29) is 33.1 Å². The highest BCUT2D eigenvalue weighted by atomic mass is 35.5. The van der Waals surface area contributed by atoms with Crippen molar-refractivity contribution in [3.63, 3.8) is 0 Å². The number of carboxylic acid groups (broad SMARTS) is 1. The summed E-state index contributed by atoms with van der Waals surface area (Å²) >= 11 is 6.90. The van der Waals surface area contributed by atoms with Gasteiger partial charge in [0.15, 0.2) is 0 Å². The number of nitrogens with zero attached hydrogens (tertiary/aromatic N) is 2. The molecule has 46 heavy (non-hydrogen) atoms. The van der Waals surface area contributed by atoms with Crippen molar-refractivity contribution in [1.29, 1.82) is 0 Å². The zero-order chi connectivity index (χ0) is 32.4. The van der Waals surface area contributed by atoms with E-state index in [1.807, 2.05) is 41.3 Å². The molecule has 4 aromatic rings. The van der Waals surface area contributed by atoms with Gasteiger partial charge in [-0.2, -0.15) is 4.31 Å². The standard InChI is InChI=1S/C35H35ClN4O5S/c1-39-32(23-11-5-2-6-12-23)22-40(26-15-9-4-10-16-26)31-21-29(36)27(20-33(31)46(39,44)45)24-17-18-30(28(19-24)34(41)42)38-35(43)37-25-13-7-3-8-14-25/h3-4,7-10,13-21,23,32H,2,5-6,11-12,22H2,1H3,(H,41,42)(H2,37,38,43). The van der Waals surface area contributed by atoms with Crippen LogP contribution in [0.15, 0.2) is 95.9 Å². The normalized spacial score (nSPS) is 18.3. The summed E-state index contributed by atoms with van der Waals surface area (Å²) in [7, 11) is -2.32. The molecule has 3 N–H and O–H groups in total. The lowest BCUT2D eigenvalue weighted by Gasteiger charge is -2.36. The number of likely N-dealkylation sites (N-methyl/N-ethyl adjacent to an activating group) is 1. The topological polar surface area (TPSA) is 119 Å². The number of aromatic carboxylic acids is 1. The molecule has 0 saturated heterocycles. The number of carbonyl (C=O) groups excluding carboxylic acids is 1. The zero-order valence-electron chi connectivity index (χ0n) is 25.3. The molecular weight excluding hydrogens is 624 g/mol. The van der Waals surface area contributed by atoms with Crippen LogP contribution in [0.5, 0.6) is 0 Å². The number of sulfonamides is 1. The molecule has 1 aliphatic heterocycles. The van der Waals surface area contributed by atoms with E-state index in [1.165, 1.54) is 16.4 Å². The summed E-state index contributed by atoms with van der Waals surface area (Å²) < 4.78 is 30.2. The number of para-hydroxylation sites is 2. The van der Waals surface area contributed by atoms with E-state index in [0.29, 0.717) is 29.0 Å². The molecule has 1 saturated carbocycles. The molecule has 0 aromatic heterocycles. The molecule has 238 valence electrons. The third-order valence-corrected chi connectivity index (χ3v) is 11.2. The summed E-state index contributed by atoms with van der Waals surface area (Å²) in [5, 5.41) is 15.6. The highest BCUT2D eigenvalue weighted by Gasteiger charge is 2.41. The molecule has 2 aliphatic rings. The predicted molar refractivity (Wildman–Crippen MR) is 182 cm³/mol. The summed E-state index contributed by atoms with van der Waals surface area (Å²) in [6, 6.07) is 25.3. The third-order valence-electron chi connectivity index (χ3n) is 8.94. The van der Waals surface area contributed by atoms with Crippen LogP contribution in [0.2, 0.25) is 5.02 Å². The van der Waals surface area contributed by atoms with Crippen LogP contribution >= 0.6 is 11.6 Å². The molecule has 0 spiro atoms. The Morgan fingerprint density at radius 3 is 2.22 bits per heavy atom. The Bertz CT molecular complexity index is 1870. The van der Waals surface area contributed by atoms with Crippen LogP contribution in [-0.2, 0) is 10.0 Å². The lowest BCUT2D eigenvalue weighted by molar-refractivity contribution is 0.0698. The van der Waals surface area contributed by atoms with Crippen molar-refractivity contribution in [3.05, 3.63) is 102 Å². The Morgan fingerprint density at radius 1 is 0.870 bits per heavy atom. The van der Waals surface area contributed by atoms with Crippen molar-refractivity contribution in [2.75, 3.05) is 29.1 Å². The number of benzene rings is 4. The van der Waals surface area contributed by atoms with Crippen molar-refractivity contribution in [2.24, 2.45) is 5.92 Å². The van der Waals surface area contributed by atoms with Gasteiger partial charge in [-0.15, -0.1) is 0 Å². The van der Waals surface area contributed by atoms with Crippen LogP contribution in [0.3, 0.4) is 0 Å². The molecule has 1 unspecified atom stereocenters. The maximum absolute atomic E-state index is 14.4. The van der Waals surface area contributed by atoms with E-state index in [9.17, 15) is 23.1 Å². The van der Waals surface area contributed by atoms with Crippen LogP contribution in [0.1, 0.15) is 42.5 Å². The van der Waals surface area contributed by atoms with E-state index in [1.54, 1.807) is 49.5 Å². The molecular formula is C35H35ClN4O5S. The van der Waals surface area contributed by atoms with Crippen LogP contribution in [0.4, 0.5) is 27.5 Å². The number of carbonyl (C=O) groups is 2. The number of urea groups is 1. The fourth-order valence-corrected chi connectivity index (χ4v) is 8.41. The molecule has 11 heteroatoms. The second kappa shape index (κ2) is 13.2. The van der Waals surface area contributed by atoms with Crippen LogP contribution in [0, 0.1) is 5.92 Å². The van der Waals surface area contributed by atoms with E-state index in [4.69, 9.17) is 11.6 Å². The smallest absolute Gasteiger partial charge is 0.337 e. The van der Waals surface area contributed by atoms with Gasteiger partial charge < -0.3 is 20.6 Å². The average molecular weight is 659 g/mol. The van der Waals surface area contributed by atoms with Crippen molar-refractivity contribution < 1.29 is 23.1 Å². The van der Waals surface area contributed by atoms with Gasteiger partial charge in [-0.3, -0.25) is 0 Å². The van der Waals surface area contributed by atoms with E-state index >= 15 is 0 Å². The number of rotatable bonds is 6. The van der Waals surface area contributed by atoms with Gasteiger partial charge in [-0.1, -0.05) is 73.3 Å². The van der Waals surface area contributed by atoms with E-state index in [0.717, 1.165) is 37.8 Å². The van der Waals surface area contributed by atoms with E-state index < -0.39 is 22.0 Å². The van der Waals surface area contributed by atoms with Crippen molar-refractivity contribution in [3.8, 4) is 11.1 Å². The second-order valence-electron chi connectivity index (χ2n) is 11.7. The highest BCUT2D eigenvalue weighted by Crippen LogP contribution is 2.45. The van der Waals surface area contributed by atoms with Crippen LogP contribution in [0.25, 0.3) is 11.1 Å². The van der Waals surface area contributed by atoms with Crippen molar-refractivity contribution in [2.45, 2.75) is 43.0 Å². The lowest BCUT2D eigenvalue weighted by Crippen LogP contribution is -2.46. The number of anilines is 4. The Morgan fingerprint density at radius 2 is 1.54 bits per heavy atom. The summed E-state index contributed by atoms with van der Waals surface area (Å²) in [6.45, 7) is 0.474. The summed E-state index contributed by atoms with van der Waals surface area (Å²) in [5.41, 5.74) is 2.55. The second-order valence-corrected chi connectivity index (χ2v) is 14.1. The van der Waals surface area contributed by atoms with Gasteiger partial charge >= 0.3 is 12.0 Å². The number of amides is 2. The summed E-state index contributed by atoms with van der Waals surface area (Å²) in [6.07, 6.45) is 5.25. The molecule has 9 nitrogen and oxygen atoms in total. The molecule has 1 atom stereocenters.